The molecule has 0 aromatic heterocycles. The van der Waals surface area contributed by atoms with Gasteiger partial charge in [0.25, 0.3) is 0 Å². The Morgan fingerprint density at radius 3 is 2.30 bits per heavy atom. The third kappa shape index (κ3) is 2.65. The highest BCUT2D eigenvalue weighted by Crippen LogP contribution is 2.44. The number of hydrogen-bond acceptors (Lipinski definition) is 3. The molecule has 2 aliphatic carbocycles. The van der Waals surface area contributed by atoms with Gasteiger partial charge in [0.15, 0.2) is 0 Å². The zero-order valence-electron chi connectivity index (χ0n) is 13.2. The zero-order chi connectivity index (χ0) is 14.1. The van der Waals surface area contributed by atoms with Gasteiger partial charge in [-0.2, -0.15) is 0 Å². The van der Waals surface area contributed by atoms with Gasteiger partial charge in [0.1, 0.15) is 0 Å². The zero-order valence-corrected chi connectivity index (χ0v) is 13.2. The summed E-state index contributed by atoms with van der Waals surface area (Å²) in [5, 5.41) is 0. The summed E-state index contributed by atoms with van der Waals surface area (Å²) in [7, 11) is 0. The van der Waals surface area contributed by atoms with Crippen molar-refractivity contribution in [2.75, 3.05) is 19.6 Å². The largest absolute Gasteiger partial charge is 0.370 e. The van der Waals surface area contributed by atoms with E-state index in [4.69, 9.17) is 10.5 Å². The molecule has 0 amide bonds. The molecule has 20 heavy (non-hydrogen) atoms. The van der Waals surface area contributed by atoms with Crippen LogP contribution in [-0.4, -0.2) is 41.8 Å². The van der Waals surface area contributed by atoms with Gasteiger partial charge in [-0.1, -0.05) is 32.6 Å². The Bertz CT molecular complexity index is 319. The lowest BCUT2D eigenvalue weighted by molar-refractivity contribution is -0.0588. The van der Waals surface area contributed by atoms with Gasteiger partial charge in [-0.25, -0.2) is 0 Å². The summed E-state index contributed by atoms with van der Waals surface area (Å²) in [5.74, 6) is 0. The summed E-state index contributed by atoms with van der Waals surface area (Å²) in [5.41, 5.74) is 6.71. The molecular weight excluding hydrogens is 248 g/mol. The van der Waals surface area contributed by atoms with E-state index in [1.54, 1.807) is 0 Å². The van der Waals surface area contributed by atoms with Crippen molar-refractivity contribution in [2.45, 2.75) is 88.4 Å². The van der Waals surface area contributed by atoms with Gasteiger partial charge in [-0.05, 0) is 45.1 Å². The molecule has 3 aliphatic rings. The lowest BCUT2D eigenvalue weighted by Gasteiger charge is -2.41. The Morgan fingerprint density at radius 2 is 1.70 bits per heavy atom. The molecule has 116 valence electrons. The van der Waals surface area contributed by atoms with Crippen molar-refractivity contribution in [1.82, 2.24) is 4.90 Å². The number of ether oxygens (including phenoxy) is 1. The van der Waals surface area contributed by atoms with Crippen molar-refractivity contribution < 1.29 is 4.74 Å². The average molecular weight is 280 g/mol. The van der Waals surface area contributed by atoms with Crippen LogP contribution in [0.15, 0.2) is 0 Å². The van der Waals surface area contributed by atoms with Crippen LogP contribution in [0.2, 0.25) is 0 Å². The Hall–Kier alpha value is -0.120. The Labute approximate surface area is 124 Å². The SMILES string of the molecule is CCN(CC1CCC2(CCCC2)O1)C1(CN)CCCC1. The van der Waals surface area contributed by atoms with Crippen LogP contribution in [0, 0.1) is 0 Å². The van der Waals surface area contributed by atoms with Crippen LogP contribution in [0.3, 0.4) is 0 Å². The first-order valence-electron chi connectivity index (χ1n) is 8.85. The summed E-state index contributed by atoms with van der Waals surface area (Å²) in [6.07, 6.45) is 13.6. The highest BCUT2D eigenvalue weighted by atomic mass is 16.5. The van der Waals surface area contributed by atoms with Gasteiger partial charge in [-0.15, -0.1) is 0 Å². The molecule has 3 nitrogen and oxygen atoms in total. The smallest absolute Gasteiger partial charge is 0.0710 e. The first-order chi connectivity index (χ1) is 9.72. The van der Waals surface area contributed by atoms with E-state index >= 15 is 0 Å². The van der Waals surface area contributed by atoms with Crippen molar-refractivity contribution in [3.8, 4) is 0 Å². The minimum Gasteiger partial charge on any atom is -0.370 e. The van der Waals surface area contributed by atoms with E-state index in [1.165, 1.54) is 64.2 Å². The van der Waals surface area contributed by atoms with Gasteiger partial charge in [0, 0.05) is 18.6 Å². The summed E-state index contributed by atoms with van der Waals surface area (Å²) >= 11 is 0. The monoisotopic (exact) mass is 280 g/mol. The van der Waals surface area contributed by atoms with Gasteiger partial charge in [0.05, 0.1) is 11.7 Å². The van der Waals surface area contributed by atoms with Crippen molar-refractivity contribution in [3.05, 3.63) is 0 Å². The molecule has 0 aromatic carbocycles. The topological polar surface area (TPSA) is 38.5 Å². The van der Waals surface area contributed by atoms with E-state index in [-0.39, 0.29) is 11.1 Å². The van der Waals surface area contributed by atoms with Gasteiger partial charge < -0.3 is 10.5 Å². The molecule has 2 saturated carbocycles. The lowest BCUT2D eigenvalue weighted by atomic mass is 9.94. The van der Waals surface area contributed by atoms with Crippen molar-refractivity contribution in [3.63, 3.8) is 0 Å². The van der Waals surface area contributed by atoms with Crippen LogP contribution in [0.5, 0.6) is 0 Å². The normalized spacial score (nSPS) is 31.6. The van der Waals surface area contributed by atoms with Gasteiger partial charge >= 0.3 is 0 Å². The highest BCUT2D eigenvalue weighted by Gasteiger charge is 2.44. The predicted octanol–water partition coefficient (Wildman–Crippen LogP) is 3.07. The summed E-state index contributed by atoms with van der Waals surface area (Å²) in [4.78, 5) is 2.65. The van der Waals surface area contributed by atoms with Crippen LogP contribution in [0.4, 0.5) is 0 Å². The van der Waals surface area contributed by atoms with Crippen LogP contribution < -0.4 is 5.73 Å². The van der Waals surface area contributed by atoms with Crippen LogP contribution in [0.25, 0.3) is 0 Å². The molecule has 0 bridgehead atoms. The molecule has 3 fully saturated rings. The van der Waals surface area contributed by atoms with E-state index < -0.39 is 0 Å². The van der Waals surface area contributed by atoms with Crippen LogP contribution in [0.1, 0.15) is 71.1 Å². The number of nitrogens with zero attached hydrogens (tertiary/aromatic N) is 1. The summed E-state index contributed by atoms with van der Waals surface area (Å²) in [6, 6.07) is 0. The Kier molecular flexibility index (Phi) is 4.40. The second-order valence-electron chi connectivity index (χ2n) is 7.34. The van der Waals surface area contributed by atoms with Crippen molar-refractivity contribution in [1.29, 1.82) is 0 Å². The lowest BCUT2D eigenvalue weighted by Crippen LogP contribution is -2.54. The first-order valence-corrected chi connectivity index (χ1v) is 8.85. The standard InChI is InChI=1S/C17H32N2O/c1-2-19(16(14-18)8-3-4-9-16)13-15-7-12-17(20-15)10-5-6-11-17/h15H,2-14,18H2,1H3. The molecule has 2 N–H and O–H groups in total. The maximum Gasteiger partial charge on any atom is 0.0710 e. The third-order valence-corrected chi connectivity index (χ3v) is 6.24. The second-order valence-corrected chi connectivity index (χ2v) is 7.34. The van der Waals surface area contributed by atoms with Crippen LogP contribution in [-0.2, 0) is 4.74 Å². The fourth-order valence-corrected chi connectivity index (χ4v) is 5.00. The Morgan fingerprint density at radius 1 is 1.05 bits per heavy atom. The summed E-state index contributed by atoms with van der Waals surface area (Å²) in [6.45, 7) is 5.33. The molecule has 0 aromatic rings. The highest BCUT2D eigenvalue weighted by molar-refractivity contribution is 4.98. The van der Waals surface area contributed by atoms with Gasteiger partial charge in [0.2, 0.25) is 0 Å². The number of hydrogen-bond donors (Lipinski definition) is 1. The number of likely N-dealkylation sites (N-methyl/N-ethyl adjacent to an activating group) is 1. The third-order valence-electron chi connectivity index (χ3n) is 6.24. The average Bonchev–Trinajstić information content (AvgIpc) is 3.19. The van der Waals surface area contributed by atoms with E-state index in [9.17, 15) is 0 Å². The number of nitrogens with two attached hydrogens (primary N) is 1. The second kappa shape index (κ2) is 5.94. The molecule has 1 spiro atoms. The van der Waals surface area contributed by atoms with E-state index in [0.717, 1.165) is 19.6 Å². The minimum atomic E-state index is 0.273. The van der Waals surface area contributed by atoms with Crippen molar-refractivity contribution >= 4 is 0 Å². The van der Waals surface area contributed by atoms with E-state index in [1.807, 2.05) is 0 Å². The molecule has 3 rings (SSSR count). The number of rotatable bonds is 5. The maximum atomic E-state index is 6.51. The molecule has 0 radical (unpaired) electrons. The molecule has 1 aliphatic heterocycles. The van der Waals surface area contributed by atoms with Crippen LogP contribution >= 0.6 is 0 Å². The molecular formula is C17H32N2O. The molecule has 1 atom stereocenters. The van der Waals surface area contributed by atoms with E-state index in [0.29, 0.717) is 6.10 Å². The molecule has 1 heterocycles. The molecule has 1 unspecified atom stereocenters. The Balaban J connectivity index is 1.61. The van der Waals surface area contributed by atoms with Gasteiger partial charge in [-0.3, -0.25) is 4.90 Å². The summed E-state index contributed by atoms with van der Waals surface area (Å²) < 4.78 is 6.51. The molecule has 3 heteroatoms. The quantitative estimate of drug-likeness (QED) is 0.841. The first kappa shape index (κ1) is 14.8. The van der Waals surface area contributed by atoms with Crippen molar-refractivity contribution in [2.24, 2.45) is 5.73 Å². The van der Waals surface area contributed by atoms with E-state index in [2.05, 4.69) is 11.8 Å². The maximum absolute atomic E-state index is 6.51. The minimum absolute atomic E-state index is 0.273. The predicted molar refractivity (Wildman–Crippen MR) is 82.8 cm³/mol. The fourth-order valence-electron chi connectivity index (χ4n) is 5.00. The molecule has 1 saturated heterocycles. The fraction of sp³-hybridized carbons (Fsp3) is 1.00.